The van der Waals surface area contributed by atoms with Gasteiger partial charge in [0.25, 0.3) is 11.8 Å². The maximum absolute atomic E-state index is 12.7. The fraction of sp³-hybridized carbons (Fsp3) is 0.533. The number of amides is 2. The van der Waals surface area contributed by atoms with Crippen LogP contribution < -0.4 is 11.1 Å². The molecule has 0 saturated carbocycles. The van der Waals surface area contributed by atoms with Crippen LogP contribution in [0.15, 0.2) is 10.5 Å². The number of anilines is 1. The Balaban J connectivity index is 2.20. The minimum atomic E-state index is -4.81. The molecule has 0 unspecified atom stereocenters. The summed E-state index contributed by atoms with van der Waals surface area (Å²) in [6, 6.07) is -2.27. The minimum Gasteiger partial charge on any atom is -0.398 e. The largest absolute Gasteiger partial charge is 0.398 e. The van der Waals surface area contributed by atoms with Gasteiger partial charge in [0, 0.05) is 24.2 Å². The lowest BCUT2D eigenvalue weighted by Gasteiger charge is -2.44. The number of rotatable bonds is 9. The summed E-state index contributed by atoms with van der Waals surface area (Å²) in [5, 5.41) is 7.73. The Bertz CT molecular complexity index is 976. The molecule has 1 saturated heterocycles. The molecule has 31 heavy (non-hydrogen) atoms. The van der Waals surface area contributed by atoms with Gasteiger partial charge in [0.1, 0.15) is 23.2 Å². The number of β-lactam (4-membered cyclic amide) rings is 1. The third-order valence-corrected chi connectivity index (χ3v) is 7.51. The number of thiazole rings is 1. The Hall–Kier alpha value is -2.01. The zero-order valence-electron chi connectivity index (χ0n) is 16.8. The van der Waals surface area contributed by atoms with Gasteiger partial charge in [-0.3, -0.25) is 14.1 Å². The lowest BCUT2D eigenvalue weighted by Crippen LogP contribution is -2.73. The minimum absolute atomic E-state index is 0.0339. The average Bonchev–Trinajstić information content (AvgIpc) is 3.12. The lowest BCUT2D eigenvalue weighted by atomic mass is 10.0. The topological polar surface area (TPSA) is 168 Å². The van der Waals surface area contributed by atoms with Crippen molar-refractivity contribution in [1.29, 1.82) is 0 Å². The van der Waals surface area contributed by atoms with Gasteiger partial charge in [0.2, 0.25) is 0 Å². The number of oxime groups is 1. The van der Waals surface area contributed by atoms with Crippen molar-refractivity contribution in [1.82, 2.24) is 19.5 Å². The predicted octanol–water partition coefficient (Wildman–Crippen LogP) is -0.0659. The molecule has 1 aromatic rings. The Morgan fingerprint density at radius 3 is 2.65 bits per heavy atom. The molecule has 1 aliphatic heterocycles. The van der Waals surface area contributed by atoms with E-state index in [1.165, 1.54) is 12.5 Å². The fourth-order valence-electron chi connectivity index (χ4n) is 2.76. The molecular formula is C15H22N6O6S4. The maximum Gasteiger partial charge on any atom is 0.362 e. The monoisotopic (exact) mass is 510 g/mol. The fourth-order valence-corrected chi connectivity index (χ4v) is 5.84. The number of hydrogen-bond donors (Lipinski definition) is 3. The van der Waals surface area contributed by atoms with Crippen molar-refractivity contribution in [3.8, 4) is 0 Å². The van der Waals surface area contributed by atoms with E-state index in [1.54, 1.807) is 0 Å². The molecule has 2 amide bonds. The summed E-state index contributed by atoms with van der Waals surface area (Å²) in [7, 11) is -3.58. The van der Waals surface area contributed by atoms with E-state index in [9.17, 15) is 22.6 Å². The molecule has 1 aliphatic rings. The highest BCUT2D eigenvalue weighted by Gasteiger charge is 2.54. The predicted molar refractivity (Wildman–Crippen MR) is 122 cm³/mol. The molecule has 0 spiro atoms. The molecule has 4 N–H and O–H groups in total. The molecule has 2 rings (SSSR count). The highest BCUT2D eigenvalue weighted by atomic mass is 32.2. The van der Waals surface area contributed by atoms with Gasteiger partial charge >= 0.3 is 10.3 Å². The van der Waals surface area contributed by atoms with Crippen molar-refractivity contribution in [2.45, 2.75) is 25.9 Å². The lowest BCUT2D eigenvalue weighted by molar-refractivity contribution is -0.143. The summed E-state index contributed by atoms with van der Waals surface area (Å²) < 4.78 is 33.5. The second-order valence-corrected chi connectivity index (χ2v) is 9.91. The summed E-state index contributed by atoms with van der Waals surface area (Å²) >= 11 is 7.55. The standard InChI is InChI=1S/C15H22N6O6S4/c1-4-20(5-2)15(28)30-7-9-11(13(23)21(9)31(24,25)26)18-12(22)10(19-27-3)8-6-29-14(16)17-8/h6,9,11H,4-5,7H2,1-3H3,(H2,16,17)(H,18,22)(H,24,25,26)/b19-10+/t9-,11+/m1/s1. The molecule has 0 aromatic carbocycles. The van der Waals surface area contributed by atoms with Crippen molar-refractivity contribution in [2.75, 3.05) is 31.7 Å². The van der Waals surface area contributed by atoms with Crippen molar-refractivity contribution in [3.05, 3.63) is 11.1 Å². The molecule has 0 bridgehead atoms. The number of thiocarbonyl (C=S) groups is 1. The Morgan fingerprint density at radius 2 is 2.16 bits per heavy atom. The first-order valence-corrected chi connectivity index (χ1v) is 12.6. The van der Waals surface area contributed by atoms with Crippen LogP contribution in [0.3, 0.4) is 0 Å². The summed E-state index contributed by atoms with van der Waals surface area (Å²) in [4.78, 5) is 35.6. The third kappa shape index (κ3) is 5.82. The molecular weight excluding hydrogens is 488 g/mol. The molecule has 0 aliphatic carbocycles. The number of hydrogen-bond acceptors (Lipinski definition) is 11. The van der Waals surface area contributed by atoms with Crippen LogP contribution in [0.1, 0.15) is 19.5 Å². The van der Waals surface area contributed by atoms with Gasteiger partial charge in [0.15, 0.2) is 10.8 Å². The third-order valence-electron chi connectivity index (χ3n) is 4.27. The van der Waals surface area contributed by atoms with E-state index >= 15 is 0 Å². The zero-order chi connectivity index (χ0) is 23.3. The second kappa shape index (κ2) is 10.5. The van der Waals surface area contributed by atoms with Crippen LogP contribution in [0.25, 0.3) is 0 Å². The SMILES string of the molecule is CCN(CC)C(=S)SC[C@@H]1[C@H](NC(=O)/C(=N/OC)c2csc(N)n2)C(=O)N1S(=O)(=O)O. The molecule has 2 atom stereocenters. The summed E-state index contributed by atoms with van der Waals surface area (Å²) in [6.45, 7) is 5.14. The number of nitrogen functional groups attached to an aromatic ring is 1. The number of carbonyl (C=O) groups is 2. The first-order chi connectivity index (χ1) is 14.5. The number of aromatic nitrogens is 1. The molecule has 12 nitrogen and oxygen atoms in total. The first-order valence-electron chi connectivity index (χ1n) is 8.90. The van der Waals surface area contributed by atoms with Crippen LogP contribution in [0.4, 0.5) is 5.13 Å². The van der Waals surface area contributed by atoms with Crippen LogP contribution in [0.5, 0.6) is 0 Å². The molecule has 1 fully saturated rings. The Labute approximate surface area is 193 Å². The summed E-state index contributed by atoms with van der Waals surface area (Å²) in [5.74, 6) is -1.77. The van der Waals surface area contributed by atoms with Gasteiger partial charge in [-0.2, -0.15) is 8.42 Å². The average molecular weight is 511 g/mol. The van der Waals surface area contributed by atoms with Crippen LogP contribution >= 0.6 is 35.3 Å². The molecule has 16 heteroatoms. The number of nitrogens with one attached hydrogen (secondary N) is 1. The van der Waals surface area contributed by atoms with Crippen LogP contribution in [0.2, 0.25) is 0 Å². The zero-order valence-corrected chi connectivity index (χ0v) is 20.1. The van der Waals surface area contributed by atoms with E-state index in [1.807, 2.05) is 18.7 Å². The maximum atomic E-state index is 12.7. The number of carbonyl (C=O) groups excluding carboxylic acids is 2. The normalized spacial score (nSPS) is 19.0. The van der Waals surface area contributed by atoms with Crippen molar-refractivity contribution >= 4 is 72.6 Å². The van der Waals surface area contributed by atoms with Crippen molar-refractivity contribution in [3.63, 3.8) is 0 Å². The molecule has 2 heterocycles. The highest BCUT2D eigenvalue weighted by molar-refractivity contribution is 8.22. The van der Waals surface area contributed by atoms with E-state index in [2.05, 4.69) is 20.3 Å². The first kappa shape index (κ1) is 25.3. The highest BCUT2D eigenvalue weighted by Crippen LogP contribution is 2.28. The molecule has 0 radical (unpaired) electrons. The van der Waals surface area contributed by atoms with E-state index in [4.69, 9.17) is 18.0 Å². The molecule has 172 valence electrons. The second-order valence-electron chi connectivity index (χ2n) is 6.07. The van der Waals surface area contributed by atoms with E-state index in [0.29, 0.717) is 21.7 Å². The number of thioether (sulfide) groups is 1. The Kier molecular flexibility index (Phi) is 8.58. The van der Waals surface area contributed by atoms with Crippen molar-refractivity contribution in [2.24, 2.45) is 5.16 Å². The number of nitrogens with two attached hydrogens (primary N) is 1. The van der Waals surface area contributed by atoms with Crippen LogP contribution in [-0.4, -0.2) is 87.0 Å². The van der Waals surface area contributed by atoms with Gasteiger partial charge < -0.3 is 20.8 Å². The van der Waals surface area contributed by atoms with Gasteiger partial charge in [-0.15, -0.1) is 11.3 Å². The quantitative estimate of drug-likeness (QED) is 0.134. The number of nitrogens with zero attached hydrogens (tertiary/aromatic N) is 4. The van der Waals surface area contributed by atoms with E-state index in [0.717, 1.165) is 23.1 Å². The smallest absolute Gasteiger partial charge is 0.362 e. The Morgan fingerprint density at radius 1 is 1.52 bits per heavy atom. The van der Waals surface area contributed by atoms with Gasteiger partial charge in [-0.1, -0.05) is 29.1 Å². The van der Waals surface area contributed by atoms with Crippen LogP contribution in [0, 0.1) is 0 Å². The van der Waals surface area contributed by atoms with E-state index < -0.39 is 34.2 Å². The van der Waals surface area contributed by atoms with E-state index in [-0.39, 0.29) is 22.3 Å². The van der Waals surface area contributed by atoms with Gasteiger partial charge in [-0.05, 0) is 13.8 Å². The summed E-state index contributed by atoms with van der Waals surface area (Å²) in [5.41, 5.74) is 5.48. The summed E-state index contributed by atoms with van der Waals surface area (Å²) in [6.07, 6.45) is 0. The van der Waals surface area contributed by atoms with Crippen LogP contribution in [-0.2, 0) is 24.7 Å². The van der Waals surface area contributed by atoms with Crippen molar-refractivity contribution < 1.29 is 27.4 Å². The molecule has 1 aromatic heterocycles. The van der Waals surface area contributed by atoms with Gasteiger partial charge in [-0.25, -0.2) is 9.29 Å². The van der Waals surface area contributed by atoms with Gasteiger partial charge in [0.05, 0.1) is 6.04 Å².